The average molecular weight is 473 g/mol. The molecule has 10 nitrogen and oxygen atoms in total. The molecule has 2 aliphatic rings. The Balaban J connectivity index is 2.11. The molecule has 34 heavy (non-hydrogen) atoms. The van der Waals surface area contributed by atoms with E-state index in [2.05, 4.69) is 53.1 Å². The van der Waals surface area contributed by atoms with E-state index in [0.717, 1.165) is 11.4 Å². The van der Waals surface area contributed by atoms with Gasteiger partial charge in [-0.15, -0.1) is 5.10 Å². The number of fused-ring (bicyclic) bond motifs is 1. The molecule has 0 saturated carbocycles. The van der Waals surface area contributed by atoms with E-state index < -0.39 is 0 Å². The van der Waals surface area contributed by atoms with Gasteiger partial charge in [0.05, 0.1) is 36.7 Å². The highest BCUT2D eigenvalue weighted by molar-refractivity contribution is 5.75. The molecule has 2 aliphatic heterocycles. The number of methoxy groups -OCH3 is 1. The van der Waals surface area contributed by atoms with Gasteiger partial charge in [0.2, 0.25) is 5.95 Å². The topological polar surface area (TPSA) is 138 Å². The van der Waals surface area contributed by atoms with Crippen molar-refractivity contribution in [1.29, 1.82) is 0 Å². The lowest BCUT2D eigenvalue weighted by Gasteiger charge is -2.28. The molecule has 1 atom stereocenters. The Bertz CT molecular complexity index is 1070. The molecule has 0 amide bonds. The van der Waals surface area contributed by atoms with Gasteiger partial charge in [0.15, 0.2) is 11.5 Å². The smallest absolute Gasteiger partial charge is 0.205 e. The van der Waals surface area contributed by atoms with Gasteiger partial charge in [-0.1, -0.05) is 27.7 Å². The summed E-state index contributed by atoms with van der Waals surface area (Å²) < 4.78 is 7.15. The first kappa shape index (κ1) is 25.4. The molecule has 1 unspecified atom stereocenters. The number of phenols is 2. The van der Waals surface area contributed by atoms with Crippen LogP contribution in [0.5, 0.6) is 17.2 Å². The van der Waals surface area contributed by atoms with E-state index in [1.54, 1.807) is 0 Å². The van der Waals surface area contributed by atoms with Crippen molar-refractivity contribution in [3.05, 3.63) is 23.4 Å². The second kappa shape index (κ2) is 10.3. The van der Waals surface area contributed by atoms with Crippen molar-refractivity contribution in [1.82, 2.24) is 19.7 Å². The molecular formula is C24H36N6O4. The number of aliphatic hydroxyl groups excluding tert-OH is 1. The summed E-state index contributed by atoms with van der Waals surface area (Å²) in [6.45, 7) is 12.4. The maximum atomic E-state index is 10.4. The van der Waals surface area contributed by atoms with Crippen LogP contribution in [-0.2, 0) is 6.54 Å². The fourth-order valence-electron chi connectivity index (χ4n) is 3.83. The third-order valence-corrected chi connectivity index (χ3v) is 5.86. The van der Waals surface area contributed by atoms with Gasteiger partial charge in [-0.3, -0.25) is 0 Å². The number of benzene rings is 1. The molecule has 1 aromatic carbocycles. The molecule has 0 radical (unpaired) electrons. The van der Waals surface area contributed by atoms with Crippen molar-refractivity contribution in [3.63, 3.8) is 0 Å². The monoisotopic (exact) mass is 472 g/mol. The number of rotatable bonds is 10. The molecule has 2 heterocycles. The molecule has 0 bridgehead atoms. The highest BCUT2D eigenvalue weighted by atomic mass is 16.5. The summed E-state index contributed by atoms with van der Waals surface area (Å²) in [6, 6.07) is 2.74. The zero-order valence-corrected chi connectivity index (χ0v) is 20.9. The minimum Gasteiger partial charge on any atom is -0.507 e. The molecular weight excluding hydrogens is 436 g/mol. The van der Waals surface area contributed by atoms with Crippen molar-refractivity contribution < 1.29 is 20.1 Å². The zero-order chi connectivity index (χ0) is 25.2. The Labute approximate surface area is 200 Å². The van der Waals surface area contributed by atoms with Crippen LogP contribution in [-0.4, -0.2) is 54.8 Å². The second-order valence-corrected chi connectivity index (χ2v) is 9.36. The van der Waals surface area contributed by atoms with Crippen LogP contribution in [0.4, 0.5) is 11.8 Å². The number of hydrogen-bond donors (Lipinski definition) is 5. The lowest BCUT2D eigenvalue weighted by atomic mass is 10.0. The summed E-state index contributed by atoms with van der Waals surface area (Å²) in [5.74, 6) is 1.52. The van der Waals surface area contributed by atoms with Crippen molar-refractivity contribution in [2.75, 3.05) is 24.4 Å². The van der Waals surface area contributed by atoms with Crippen LogP contribution < -0.4 is 15.4 Å². The Morgan fingerprint density at radius 2 is 1.68 bits per heavy atom. The number of nitrogens with one attached hydrogen (secondary N) is 2. The maximum absolute atomic E-state index is 10.4. The van der Waals surface area contributed by atoms with Crippen LogP contribution in [0.2, 0.25) is 0 Å². The van der Waals surface area contributed by atoms with Crippen LogP contribution in [0.3, 0.4) is 0 Å². The minimum absolute atomic E-state index is 0.0413. The number of ether oxygens (including phenoxy) is 1. The fourth-order valence-corrected chi connectivity index (χ4v) is 3.83. The van der Waals surface area contributed by atoms with Crippen LogP contribution in [0, 0.1) is 5.92 Å². The van der Waals surface area contributed by atoms with E-state index in [9.17, 15) is 15.3 Å². The number of aliphatic hydroxyl groups is 1. The summed E-state index contributed by atoms with van der Waals surface area (Å²) in [6.07, 6.45) is 0. The molecule has 0 aliphatic carbocycles. The lowest BCUT2D eigenvalue weighted by molar-refractivity contribution is 0.248. The predicted molar refractivity (Wildman–Crippen MR) is 132 cm³/mol. The van der Waals surface area contributed by atoms with Gasteiger partial charge in [0, 0.05) is 24.7 Å². The average Bonchev–Trinajstić information content (AvgIpc) is 3.21. The summed E-state index contributed by atoms with van der Waals surface area (Å²) in [4.78, 5) is 4.81. The highest BCUT2D eigenvalue weighted by Crippen LogP contribution is 2.39. The normalized spacial score (nSPS) is 12.7. The van der Waals surface area contributed by atoms with Gasteiger partial charge in [0.1, 0.15) is 17.2 Å². The van der Waals surface area contributed by atoms with Crippen LogP contribution in [0.25, 0.3) is 11.4 Å². The molecule has 186 valence electrons. The zero-order valence-electron chi connectivity index (χ0n) is 20.9. The van der Waals surface area contributed by atoms with Gasteiger partial charge < -0.3 is 35.3 Å². The molecule has 0 fully saturated rings. The molecule has 0 aromatic heterocycles. The number of anilines is 2. The number of aromatic hydroxyl groups is 2. The molecule has 5 N–H and O–H groups in total. The largest absolute Gasteiger partial charge is 0.507 e. The summed E-state index contributed by atoms with van der Waals surface area (Å²) in [5, 5.41) is 46.2. The van der Waals surface area contributed by atoms with E-state index in [-0.39, 0.29) is 48.6 Å². The number of phenolic OH excluding ortho intramolecular Hbond substituents is 2. The summed E-state index contributed by atoms with van der Waals surface area (Å²) in [7, 11) is 1.46. The lowest BCUT2D eigenvalue weighted by Crippen LogP contribution is -2.32. The van der Waals surface area contributed by atoms with Gasteiger partial charge in [-0.25, -0.2) is 0 Å². The van der Waals surface area contributed by atoms with Crippen molar-refractivity contribution >= 4 is 11.8 Å². The van der Waals surface area contributed by atoms with Crippen molar-refractivity contribution in [2.24, 2.45) is 5.92 Å². The Kier molecular flexibility index (Phi) is 7.71. The molecule has 10 heteroatoms. The van der Waals surface area contributed by atoms with Crippen molar-refractivity contribution in [3.8, 4) is 28.6 Å². The van der Waals surface area contributed by atoms with E-state index >= 15 is 0 Å². The number of hydrogen-bond acceptors (Lipinski definition) is 9. The summed E-state index contributed by atoms with van der Waals surface area (Å²) in [5.41, 5.74) is 2.61. The predicted octanol–water partition coefficient (Wildman–Crippen LogP) is 3.94. The Morgan fingerprint density at radius 3 is 2.18 bits per heavy atom. The van der Waals surface area contributed by atoms with Gasteiger partial charge >= 0.3 is 0 Å². The minimum atomic E-state index is -0.198. The van der Waals surface area contributed by atoms with E-state index in [1.807, 2.05) is 13.8 Å². The quantitative estimate of drug-likeness (QED) is 0.297. The molecule has 0 spiro atoms. The third-order valence-electron chi connectivity index (χ3n) is 5.86. The van der Waals surface area contributed by atoms with Crippen molar-refractivity contribution in [2.45, 2.75) is 66.1 Å². The molecule has 0 saturated heterocycles. The highest BCUT2D eigenvalue weighted by Gasteiger charge is 2.29. The van der Waals surface area contributed by atoms with Crippen LogP contribution >= 0.6 is 0 Å². The van der Waals surface area contributed by atoms with Crippen LogP contribution in [0.15, 0.2) is 12.1 Å². The first-order valence-electron chi connectivity index (χ1n) is 11.6. The fraction of sp³-hybridized carbons (Fsp3) is 0.542. The summed E-state index contributed by atoms with van der Waals surface area (Å²) >= 11 is 0. The van der Waals surface area contributed by atoms with E-state index in [4.69, 9.17) is 9.72 Å². The van der Waals surface area contributed by atoms with Crippen LogP contribution in [0.1, 0.15) is 64.8 Å². The third kappa shape index (κ3) is 4.96. The standard InChI is InChI=1S/C24H36N6O4/c1-12(2)17(11-31)26-24-27-23(25-10-16-18(32)8-15(34-7)9-19(16)33)21-22(30(24)14(5)6)20(13(3)4)28-29-21/h8-9,12-14,17,25,31-33H,10-11H2,1-7H3,(H,26,27). The van der Waals surface area contributed by atoms with Gasteiger partial charge in [0.25, 0.3) is 0 Å². The number of nitrogens with zero attached hydrogens (tertiary/aromatic N) is 4. The van der Waals surface area contributed by atoms with E-state index in [1.165, 1.54) is 19.2 Å². The molecule has 3 rings (SSSR count). The first-order chi connectivity index (χ1) is 16.1. The second-order valence-electron chi connectivity index (χ2n) is 9.36. The molecule has 1 aromatic rings. The van der Waals surface area contributed by atoms with Gasteiger partial charge in [-0.05, 0) is 25.7 Å². The van der Waals surface area contributed by atoms with E-state index in [0.29, 0.717) is 28.8 Å². The Hall–Kier alpha value is -3.27. The SMILES string of the molecule is COc1cc(O)c(CNc2nc(NC(CO)C(C)C)n(C(C)C)c3c(C(C)C)nnc2-3)c(O)c1. The number of aromatic nitrogens is 4. The maximum Gasteiger partial charge on any atom is 0.205 e. The first-order valence-corrected chi connectivity index (χ1v) is 11.6. The Morgan fingerprint density at radius 1 is 1.03 bits per heavy atom. The van der Waals surface area contributed by atoms with Gasteiger partial charge in [-0.2, -0.15) is 10.1 Å².